The fraction of sp³-hybridized carbons (Fsp3) is 0.500. The Morgan fingerprint density at radius 2 is 2.12 bits per heavy atom. The molecule has 0 aliphatic carbocycles. The summed E-state index contributed by atoms with van der Waals surface area (Å²) in [6, 6.07) is 0. The molecule has 0 radical (unpaired) electrons. The Labute approximate surface area is 106 Å². The zero-order valence-corrected chi connectivity index (χ0v) is 11.5. The van der Waals surface area contributed by atoms with Crippen molar-refractivity contribution in [1.29, 1.82) is 0 Å². The standard InChI is InChI=1S/C12H18N4S/c1-12(2,3)15-6-9-5-14-11(17-9)10-7-13-8-16(10)4/h5,7-8,15H,6H2,1-4H3. The predicted octanol–water partition coefficient (Wildman–Crippen LogP) is 2.43. The molecule has 4 nitrogen and oxygen atoms in total. The minimum Gasteiger partial charge on any atom is -0.332 e. The van der Waals surface area contributed by atoms with Crippen molar-refractivity contribution in [3.8, 4) is 10.7 Å². The summed E-state index contributed by atoms with van der Waals surface area (Å²) < 4.78 is 1.99. The summed E-state index contributed by atoms with van der Waals surface area (Å²) in [5.41, 5.74) is 1.20. The van der Waals surface area contributed by atoms with E-state index in [0.717, 1.165) is 17.2 Å². The molecular weight excluding hydrogens is 232 g/mol. The van der Waals surface area contributed by atoms with E-state index in [1.54, 1.807) is 17.7 Å². The molecule has 0 saturated heterocycles. The van der Waals surface area contributed by atoms with Gasteiger partial charge in [0, 0.05) is 30.2 Å². The molecule has 5 heteroatoms. The van der Waals surface area contributed by atoms with Crippen molar-refractivity contribution in [2.24, 2.45) is 7.05 Å². The van der Waals surface area contributed by atoms with Crippen LogP contribution >= 0.6 is 11.3 Å². The van der Waals surface area contributed by atoms with Gasteiger partial charge in [-0.2, -0.15) is 0 Å². The topological polar surface area (TPSA) is 42.7 Å². The average molecular weight is 250 g/mol. The largest absolute Gasteiger partial charge is 0.332 e. The first-order valence-corrected chi connectivity index (χ1v) is 6.44. The van der Waals surface area contributed by atoms with Crippen molar-refractivity contribution in [3.05, 3.63) is 23.6 Å². The van der Waals surface area contributed by atoms with Crippen molar-refractivity contribution in [1.82, 2.24) is 19.9 Å². The Morgan fingerprint density at radius 1 is 1.35 bits per heavy atom. The third kappa shape index (κ3) is 3.14. The van der Waals surface area contributed by atoms with Crippen LogP contribution in [0.5, 0.6) is 0 Å². The van der Waals surface area contributed by atoms with Crippen LogP contribution in [0.4, 0.5) is 0 Å². The molecule has 2 aromatic rings. The van der Waals surface area contributed by atoms with Crippen LogP contribution in [0.15, 0.2) is 18.7 Å². The van der Waals surface area contributed by atoms with Gasteiger partial charge in [-0.25, -0.2) is 9.97 Å². The van der Waals surface area contributed by atoms with Crippen molar-refractivity contribution < 1.29 is 0 Å². The molecule has 92 valence electrons. The first kappa shape index (κ1) is 12.3. The number of nitrogens with one attached hydrogen (secondary N) is 1. The quantitative estimate of drug-likeness (QED) is 0.909. The highest BCUT2D eigenvalue weighted by atomic mass is 32.1. The van der Waals surface area contributed by atoms with Crippen LogP contribution in [0.1, 0.15) is 25.6 Å². The predicted molar refractivity (Wildman–Crippen MR) is 70.9 cm³/mol. The molecular formula is C12H18N4S. The lowest BCUT2D eigenvalue weighted by Gasteiger charge is -2.19. The fourth-order valence-corrected chi connectivity index (χ4v) is 2.33. The third-order valence-corrected chi connectivity index (χ3v) is 3.40. The lowest BCUT2D eigenvalue weighted by molar-refractivity contribution is 0.426. The summed E-state index contributed by atoms with van der Waals surface area (Å²) in [7, 11) is 1.98. The van der Waals surface area contributed by atoms with E-state index in [9.17, 15) is 0 Å². The molecule has 17 heavy (non-hydrogen) atoms. The van der Waals surface area contributed by atoms with E-state index in [1.165, 1.54) is 4.88 Å². The van der Waals surface area contributed by atoms with Gasteiger partial charge in [0.2, 0.25) is 0 Å². The summed E-state index contributed by atoms with van der Waals surface area (Å²) in [6.45, 7) is 7.35. The smallest absolute Gasteiger partial charge is 0.141 e. The monoisotopic (exact) mass is 250 g/mol. The van der Waals surface area contributed by atoms with Gasteiger partial charge in [-0.1, -0.05) is 0 Å². The SMILES string of the molecule is Cn1cncc1-c1ncc(CNC(C)(C)C)s1. The van der Waals surface area contributed by atoms with Crippen LogP contribution < -0.4 is 5.32 Å². The minimum atomic E-state index is 0.136. The highest BCUT2D eigenvalue weighted by Gasteiger charge is 2.11. The molecule has 2 rings (SSSR count). The van der Waals surface area contributed by atoms with E-state index >= 15 is 0 Å². The number of nitrogens with zero attached hydrogens (tertiary/aromatic N) is 3. The molecule has 0 bridgehead atoms. The lowest BCUT2D eigenvalue weighted by Crippen LogP contribution is -2.34. The van der Waals surface area contributed by atoms with Crippen LogP contribution in [0.3, 0.4) is 0 Å². The van der Waals surface area contributed by atoms with E-state index in [1.807, 2.05) is 24.0 Å². The second-order valence-electron chi connectivity index (χ2n) is 5.13. The zero-order valence-electron chi connectivity index (χ0n) is 10.7. The first-order chi connectivity index (χ1) is 7.96. The molecule has 0 atom stereocenters. The summed E-state index contributed by atoms with van der Waals surface area (Å²) in [4.78, 5) is 9.79. The van der Waals surface area contributed by atoms with Crippen LogP contribution in [0.25, 0.3) is 10.7 Å². The molecule has 0 saturated carbocycles. The van der Waals surface area contributed by atoms with Crippen LogP contribution in [0.2, 0.25) is 0 Å². The Kier molecular flexibility index (Phi) is 3.31. The Balaban J connectivity index is 2.09. The van der Waals surface area contributed by atoms with Gasteiger partial charge in [0.1, 0.15) is 5.01 Å². The maximum absolute atomic E-state index is 4.44. The number of aromatic nitrogens is 3. The van der Waals surface area contributed by atoms with Gasteiger partial charge >= 0.3 is 0 Å². The summed E-state index contributed by atoms with van der Waals surface area (Å²) >= 11 is 1.71. The molecule has 0 unspecified atom stereocenters. The van der Waals surface area contributed by atoms with E-state index in [2.05, 4.69) is 36.1 Å². The Bertz CT molecular complexity index is 493. The van der Waals surface area contributed by atoms with Gasteiger partial charge in [0.05, 0.1) is 18.2 Å². The van der Waals surface area contributed by atoms with Crippen molar-refractivity contribution in [3.63, 3.8) is 0 Å². The van der Waals surface area contributed by atoms with Gasteiger partial charge in [0.15, 0.2) is 0 Å². The number of hydrogen-bond donors (Lipinski definition) is 1. The summed E-state index contributed by atoms with van der Waals surface area (Å²) in [6.07, 6.45) is 5.58. The van der Waals surface area contributed by atoms with Crippen molar-refractivity contribution in [2.45, 2.75) is 32.9 Å². The average Bonchev–Trinajstić information content (AvgIpc) is 2.81. The van der Waals surface area contributed by atoms with Crippen LogP contribution in [-0.2, 0) is 13.6 Å². The van der Waals surface area contributed by atoms with Crippen LogP contribution in [-0.4, -0.2) is 20.1 Å². The lowest BCUT2D eigenvalue weighted by atomic mass is 10.1. The second-order valence-corrected chi connectivity index (χ2v) is 6.24. The van der Waals surface area contributed by atoms with Gasteiger partial charge in [-0.05, 0) is 20.8 Å². The van der Waals surface area contributed by atoms with Crippen molar-refractivity contribution >= 4 is 11.3 Å². The van der Waals surface area contributed by atoms with Gasteiger partial charge in [-0.15, -0.1) is 11.3 Å². The number of thiazole rings is 1. The van der Waals surface area contributed by atoms with Gasteiger partial charge in [0.25, 0.3) is 0 Å². The molecule has 0 aliphatic rings. The van der Waals surface area contributed by atoms with Crippen molar-refractivity contribution in [2.75, 3.05) is 0 Å². The molecule has 0 amide bonds. The Morgan fingerprint density at radius 3 is 2.71 bits per heavy atom. The normalized spacial score (nSPS) is 12.0. The van der Waals surface area contributed by atoms with E-state index in [4.69, 9.17) is 0 Å². The maximum Gasteiger partial charge on any atom is 0.141 e. The number of aryl methyl sites for hydroxylation is 1. The summed E-state index contributed by atoms with van der Waals surface area (Å²) in [5.74, 6) is 0. The minimum absolute atomic E-state index is 0.136. The Hall–Kier alpha value is -1.20. The number of rotatable bonds is 3. The zero-order chi connectivity index (χ0) is 12.5. The van der Waals surface area contributed by atoms with Gasteiger partial charge in [-0.3, -0.25) is 0 Å². The molecule has 2 heterocycles. The molecule has 0 aliphatic heterocycles. The third-order valence-electron chi connectivity index (χ3n) is 2.38. The summed E-state index contributed by atoms with van der Waals surface area (Å²) in [5, 5.41) is 4.48. The number of hydrogen-bond acceptors (Lipinski definition) is 4. The molecule has 1 N–H and O–H groups in total. The van der Waals surface area contributed by atoms with E-state index in [0.29, 0.717) is 0 Å². The fourth-order valence-electron chi connectivity index (χ4n) is 1.42. The molecule has 2 aromatic heterocycles. The highest BCUT2D eigenvalue weighted by Crippen LogP contribution is 2.24. The van der Waals surface area contributed by atoms with Gasteiger partial charge < -0.3 is 9.88 Å². The molecule has 0 spiro atoms. The van der Waals surface area contributed by atoms with E-state index in [-0.39, 0.29) is 5.54 Å². The number of imidazole rings is 1. The molecule has 0 aromatic carbocycles. The molecule has 0 fully saturated rings. The van der Waals surface area contributed by atoms with E-state index < -0.39 is 0 Å². The van der Waals surface area contributed by atoms with Crippen LogP contribution in [0, 0.1) is 0 Å². The first-order valence-electron chi connectivity index (χ1n) is 5.62. The highest BCUT2D eigenvalue weighted by molar-refractivity contribution is 7.15. The second kappa shape index (κ2) is 4.58. The maximum atomic E-state index is 4.44.